The molecule has 3 rings (SSSR count). The molecule has 8 heteroatoms. The van der Waals surface area contributed by atoms with Crippen LogP contribution in [0.2, 0.25) is 0 Å². The van der Waals surface area contributed by atoms with Crippen molar-refractivity contribution in [2.45, 2.75) is 12.5 Å². The summed E-state index contributed by atoms with van der Waals surface area (Å²) in [6.45, 7) is 0. The molecule has 28 heavy (non-hydrogen) atoms. The second-order valence-corrected chi connectivity index (χ2v) is 6.89. The smallest absolute Gasteiger partial charge is 0.335 e. The summed E-state index contributed by atoms with van der Waals surface area (Å²) in [5.74, 6) is -1.08. The summed E-state index contributed by atoms with van der Waals surface area (Å²) in [5.41, 5.74) is 7.23. The lowest BCUT2D eigenvalue weighted by atomic mass is 10.1. The van der Waals surface area contributed by atoms with Crippen LogP contribution in [0.1, 0.15) is 5.56 Å². The number of hydrogen-bond acceptors (Lipinski definition) is 5. The van der Waals surface area contributed by atoms with E-state index < -0.39 is 23.3 Å². The molecule has 0 radical (unpaired) electrons. The van der Waals surface area contributed by atoms with E-state index in [0.29, 0.717) is 22.2 Å². The number of nitrogens with zero attached hydrogens (tertiary/aromatic N) is 3. The summed E-state index contributed by atoms with van der Waals surface area (Å²) in [4.78, 5) is 38.6. The van der Waals surface area contributed by atoms with Gasteiger partial charge in [-0.25, -0.2) is 9.36 Å². The summed E-state index contributed by atoms with van der Waals surface area (Å²) < 4.78 is 2.55. The van der Waals surface area contributed by atoms with Crippen LogP contribution in [-0.4, -0.2) is 40.3 Å². The average Bonchev–Trinajstić information content (AvgIpc) is 2.67. The number of anilines is 1. The van der Waals surface area contributed by atoms with Crippen LogP contribution in [0.5, 0.6) is 0 Å². The molecule has 0 unspecified atom stereocenters. The van der Waals surface area contributed by atoms with Crippen molar-refractivity contribution in [2.75, 3.05) is 19.0 Å². The fourth-order valence-electron chi connectivity index (χ4n) is 3.08. The van der Waals surface area contributed by atoms with E-state index in [9.17, 15) is 14.4 Å². The fourth-order valence-corrected chi connectivity index (χ4v) is 3.08. The highest BCUT2D eigenvalue weighted by Gasteiger charge is 2.15. The highest BCUT2D eigenvalue weighted by atomic mass is 16.4. The SMILES string of the molecule is CN(C)c1ccc2c(c1)c(=O)n(-c1ccc(C[C@H](N)C(=O)O)cc1)c(=O)n2C. The van der Waals surface area contributed by atoms with E-state index in [0.717, 1.165) is 10.3 Å². The summed E-state index contributed by atoms with van der Waals surface area (Å²) in [5, 5.41) is 9.36. The Labute approximate surface area is 161 Å². The van der Waals surface area contributed by atoms with Crippen molar-refractivity contribution in [2.24, 2.45) is 12.8 Å². The number of aryl methyl sites for hydroxylation is 1. The van der Waals surface area contributed by atoms with Gasteiger partial charge in [0.15, 0.2) is 0 Å². The van der Waals surface area contributed by atoms with E-state index in [2.05, 4.69) is 0 Å². The molecule has 2 aromatic carbocycles. The molecule has 1 heterocycles. The number of fused-ring (bicyclic) bond motifs is 1. The van der Waals surface area contributed by atoms with Gasteiger partial charge in [0.25, 0.3) is 5.56 Å². The monoisotopic (exact) mass is 382 g/mol. The molecule has 0 aliphatic carbocycles. The number of aliphatic carboxylic acids is 1. The van der Waals surface area contributed by atoms with E-state index in [1.807, 2.05) is 25.1 Å². The Hall–Kier alpha value is -3.39. The number of carboxylic acids is 1. The number of rotatable bonds is 5. The van der Waals surface area contributed by atoms with Gasteiger partial charge in [-0.05, 0) is 42.3 Å². The lowest BCUT2D eigenvalue weighted by Gasteiger charge is -2.15. The molecule has 3 N–H and O–H groups in total. The summed E-state index contributed by atoms with van der Waals surface area (Å²) in [6.07, 6.45) is 0.159. The molecule has 1 atom stereocenters. The molecule has 0 saturated carbocycles. The Morgan fingerprint density at radius 1 is 1.14 bits per heavy atom. The van der Waals surface area contributed by atoms with E-state index >= 15 is 0 Å². The highest BCUT2D eigenvalue weighted by molar-refractivity contribution is 5.82. The predicted octanol–water partition coefficient (Wildman–Crippen LogP) is 0.710. The summed E-state index contributed by atoms with van der Waals surface area (Å²) >= 11 is 0. The molecule has 8 nitrogen and oxygen atoms in total. The van der Waals surface area contributed by atoms with Crippen molar-refractivity contribution in [1.29, 1.82) is 0 Å². The molecular weight excluding hydrogens is 360 g/mol. The van der Waals surface area contributed by atoms with Crippen molar-refractivity contribution in [1.82, 2.24) is 9.13 Å². The molecule has 0 bridgehead atoms. The second-order valence-electron chi connectivity index (χ2n) is 6.89. The number of carbonyl (C=O) groups is 1. The zero-order chi connectivity index (χ0) is 20.6. The first-order valence-electron chi connectivity index (χ1n) is 8.71. The molecule has 3 aromatic rings. The van der Waals surface area contributed by atoms with Crippen LogP contribution in [0.15, 0.2) is 52.1 Å². The van der Waals surface area contributed by atoms with Gasteiger partial charge in [0, 0.05) is 26.8 Å². The lowest BCUT2D eigenvalue weighted by molar-refractivity contribution is -0.138. The van der Waals surface area contributed by atoms with Crippen LogP contribution in [0.25, 0.3) is 16.6 Å². The molecule has 0 spiro atoms. The quantitative estimate of drug-likeness (QED) is 0.672. The Morgan fingerprint density at radius 3 is 2.36 bits per heavy atom. The summed E-state index contributed by atoms with van der Waals surface area (Å²) in [7, 11) is 5.38. The third kappa shape index (κ3) is 3.41. The van der Waals surface area contributed by atoms with Crippen molar-refractivity contribution in [3.8, 4) is 5.69 Å². The number of nitrogens with two attached hydrogens (primary N) is 1. The van der Waals surface area contributed by atoms with Gasteiger partial charge in [0.05, 0.1) is 16.6 Å². The fraction of sp³-hybridized carbons (Fsp3) is 0.250. The van der Waals surface area contributed by atoms with Gasteiger partial charge >= 0.3 is 11.7 Å². The number of aromatic nitrogens is 2. The first-order chi connectivity index (χ1) is 13.2. The van der Waals surface area contributed by atoms with E-state index in [1.54, 1.807) is 43.4 Å². The molecule has 146 valence electrons. The van der Waals surface area contributed by atoms with Crippen molar-refractivity contribution >= 4 is 22.6 Å². The first kappa shape index (κ1) is 19.4. The molecule has 0 aliphatic heterocycles. The van der Waals surface area contributed by atoms with Crippen LogP contribution in [0.3, 0.4) is 0 Å². The van der Waals surface area contributed by atoms with Gasteiger partial charge < -0.3 is 15.7 Å². The van der Waals surface area contributed by atoms with E-state index in [-0.39, 0.29) is 6.42 Å². The predicted molar refractivity (Wildman–Crippen MR) is 108 cm³/mol. The lowest BCUT2D eigenvalue weighted by Crippen LogP contribution is -2.38. The Bertz CT molecular complexity index is 1160. The van der Waals surface area contributed by atoms with Crippen molar-refractivity contribution in [3.63, 3.8) is 0 Å². The van der Waals surface area contributed by atoms with Gasteiger partial charge in [-0.2, -0.15) is 0 Å². The van der Waals surface area contributed by atoms with Gasteiger partial charge in [-0.15, -0.1) is 0 Å². The third-order valence-electron chi connectivity index (χ3n) is 4.74. The maximum Gasteiger partial charge on any atom is 0.335 e. The van der Waals surface area contributed by atoms with Gasteiger partial charge in [-0.1, -0.05) is 12.1 Å². The average molecular weight is 382 g/mol. The minimum Gasteiger partial charge on any atom is -0.480 e. The van der Waals surface area contributed by atoms with Crippen LogP contribution in [-0.2, 0) is 18.3 Å². The van der Waals surface area contributed by atoms with Crippen LogP contribution < -0.4 is 21.9 Å². The van der Waals surface area contributed by atoms with Crippen LogP contribution >= 0.6 is 0 Å². The van der Waals surface area contributed by atoms with Gasteiger partial charge in [0.2, 0.25) is 0 Å². The number of benzene rings is 2. The zero-order valence-corrected chi connectivity index (χ0v) is 15.9. The zero-order valence-electron chi connectivity index (χ0n) is 15.9. The molecule has 0 amide bonds. The molecule has 0 saturated heterocycles. The Kier molecular flexibility index (Phi) is 5.06. The minimum absolute atomic E-state index is 0.159. The Balaban J connectivity index is 2.14. The maximum atomic E-state index is 13.1. The first-order valence-corrected chi connectivity index (χ1v) is 8.71. The second kappa shape index (κ2) is 7.32. The maximum absolute atomic E-state index is 13.1. The highest BCUT2D eigenvalue weighted by Crippen LogP contribution is 2.18. The number of carboxylic acid groups (broad SMARTS) is 1. The van der Waals surface area contributed by atoms with E-state index in [4.69, 9.17) is 10.8 Å². The minimum atomic E-state index is -1.08. The topological polar surface area (TPSA) is 111 Å². The van der Waals surface area contributed by atoms with Crippen LogP contribution in [0, 0.1) is 0 Å². The molecule has 1 aromatic heterocycles. The van der Waals surface area contributed by atoms with Crippen molar-refractivity contribution < 1.29 is 9.90 Å². The molecular formula is C20H22N4O4. The molecule has 0 aliphatic rings. The van der Waals surface area contributed by atoms with Crippen molar-refractivity contribution in [3.05, 3.63) is 68.9 Å². The van der Waals surface area contributed by atoms with Crippen LogP contribution in [0.4, 0.5) is 5.69 Å². The Morgan fingerprint density at radius 2 is 1.79 bits per heavy atom. The van der Waals surface area contributed by atoms with Gasteiger partial charge in [0.1, 0.15) is 6.04 Å². The standard InChI is InChI=1S/C20H22N4O4/c1-22(2)14-8-9-17-15(11-14)18(25)24(20(28)23(17)3)13-6-4-12(5-7-13)10-16(21)19(26)27/h4-9,11,16H,10,21H2,1-3H3,(H,26,27)/t16-/m0/s1. The van der Waals surface area contributed by atoms with Gasteiger partial charge in [-0.3, -0.25) is 14.2 Å². The van der Waals surface area contributed by atoms with E-state index in [1.165, 1.54) is 4.57 Å². The summed E-state index contributed by atoms with van der Waals surface area (Å²) in [6, 6.07) is 10.9. The molecule has 0 fully saturated rings. The third-order valence-corrected chi connectivity index (χ3v) is 4.74. The normalized spacial score (nSPS) is 12.1. The largest absolute Gasteiger partial charge is 0.480 e. The number of hydrogen-bond donors (Lipinski definition) is 2.